The molecule has 0 spiro atoms. The molecule has 1 amide bonds. The molecular weight excluding hydrogens is 209 g/mol. The van der Waals surface area contributed by atoms with Crippen LogP contribution in [0.3, 0.4) is 0 Å². The highest BCUT2D eigenvalue weighted by atomic mass is 19.1. The summed E-state index contributed by atoms with van der Waals surface area (Å²) in [5.41, 5.74) is 11.7. The van der Waals surface area contributed by atoms with Crippen molar-refractivity contribution < 1.29 is 9.18 Å². The number of halogens is 1. The van der Waals surface area contributed by atoms with E-state index >= 15 is 0 Å². The Labute approximate surface area is 93.8 Å². The Morgan fingerprint density at radius 3 is 2.75 bits per heavy atom. The molecule has 0 atom stereocenters. The second kappa shape index (κ2) is 5.95. The zero-order valence-corrected chi connectivity index (χ0v) is 9.00. The minimum atomic E-state index is -0.350. The van der Waals surface area contributed by atoms with Gasteiger partial charge >= 0.3 is 0 Å². The second-order valence-corrected chi connectivity index (χ2v) is 3.58. The van der Waals surface area contributed by atoms with Crippen LogP contribution in [0, 0.1) is 5.82 Å². The molecule has 0 aliphatic heterocycles. The number of nitrogens with two attached hydrogens (primary N) is 2. The van der Waals surface area contributed by atoms with E-state index in [2.05, 4.69) is 5.32 Å². The molecule has 0 radical (unpaired) electrons. The average molecular weight is 225 g/mol. The maximum Gasteiger partial charge on any atom is 0.217 e. The van der Waals surface area contributed by atoms with Crippen LogP contribution in [0.1, 0.15) is 19.3 Å². The van der Waals surface area contributed by atoms with Crippen molar-refractivity contribution in [2.75, 3.05) is 17.6 Å². The van der Waals surface area contributed by atoms with Crippen LogP contribution in [0.4, 0.5) is 15.8 Å². The van der Waals surface area contributed by atoms with E-state index in [1.165, 1.54) is 12.1 Å². The highest BCUT2D eigenvalue weighted by molar-refractivity contribution is 5.73. The number of hydrogen-bond donors (Lipinski definition) is 3. The summed E-state index contributed by atoms with van der Waals surface area (Å²) in [4.78, 5) is 10.5. The van der Waals surface area contributed by atoms with Crippen LogP contribution in [0.2, 0.25) is 0 Å². The van der Waals surface area contributed by atoms with Gasteiger partial charge in [0.15, 0.2) is 0 Å². The Kier molecular flexibility index (Phi) is 4.57. The van der Waals surface area contributed by atoms with E-state index in [0.29, 0.717) is 24.3 Å². The molecule has 1 aromatic carbocycles. The first-order chi connectivity index (χ1) is 7.59. The Morgan fingerprint density at radius 1 is 1.38 bits per heavy atom. The van der Waals surface area contributed by atoms with Gasteiger partial charge in [0.2, 0.25) is 5.91 Å². The van der Waals surface area contributed by atoms with Gasteiger partial charge in [-0.15, -0.1) is 0 Å². The summed E-state index contributed by atoms with van der Waals surface area (Å²) in [6.07, 6.45) is 1.95. The average Bonchev–Trinajstić information content (AvgIpc) is 2.20. The molecule has 4 nitrogen and oxygen atoms in total. The number of benzene rings is 1. The Balaban J connectivity index is 2.29. The molecule has 16 heavy (non-hydrogen) atoms. The van der Waals surface area contributed by atoms with Crippen LogP contribution >= 0.6 is 0 Å². The molecule has 88 valence electrons. The summed E-state index contributed by atoms with van der Waals surface area (Å²) in [7, 11) is 0. The number of rotatable bonds is 6. The first-order valence-electron chi connectivity index (χ1n) is 5.17. The fourth-order valence-corrected chi connectivity index (χ4v) is 1.34. The Bertz CT molecular complexity index is 368. The Hall–Kier alpha value is -1.78. The minimum Gasteiger partial charge on any atom is -0.397 e. The number of nitrogens with one attached hydrogen (secondary N) is 1. The molecular formula is C11H16FN3O. The largest absolute Gasteiger partial charge is 0.397 e. The zero-order chi connectivity index (χ0) is 12.0. The molecule has 0 saturated heterocycles. The number of hydrogen-bond acceptors (Lipinski definition) is 3. The molecule has 0 unspecified atom stereocenters. The van der Waals surface area contributed by atoms with E-state index in [1.54, 1.807) is 6.07 Å². The molecule has 0 aliphatic rings. The first kappa shape index (κ1) is 12.3. The molecule has 5 N–H and O–H groups in total. The fourth-order valence-electron chi connectivity index (χ4n) is 1.34. The third-order valence-electron chi connectivity index (χ3n) is 2.18. The standard InChI is InChI=1S/C11H16FN3O/c12-8-4-5-10(9(13)7-8)15-6-2-1-3-11(14)16/h4-5,7,15H,1-3,6,13H2,(H2,14,16). The van der Waals surface area contributed by atoms with E-state index in [1.807, 2.05) is 0 Å². The van der Waals surface area contributed by atoms with Gasteiger partial charge in [0, 0.05) is 13.0 Å². The van der Waals surface area contributed by atoms with Gasteiger partial charge in [0.05, 0.1) is 11.4 Å². The van der Waals surface area contributed by atoms with Crippen LogP contribution in [-0.4, -0.2) is 12.5 Å². The molecule has 0 saturated carbocycles. The van der Waals surface area contributed by atoms with Crippen molar-refractivity contribution in [2.24, 2.45) is 5.73 Å². The normalized spacial score (nSPS) is 10.1. The van der Waals surface area contributed by atoms with Gasteiger partial charge in [-0.1, -0.05) is 0 Å². The molecule has 0 fully saturated rings. The number of primary amides is 1. The van der Waals surface area contributed by atoms with Crippen molar-refractivity contribution in [1.29, 1.82) is 0 Å². The van der Waals surface area contributed by atoms with Crippen molar-refractivity contribution in [2.45, 2.75) is 19.3 Å². The number of anilines is 2. The van der Waals surface area contributed by atoms with Gasteiger partial charge in [-0.05, 0) is 31.0 Å². The predicted molar refractivity (Wildman–Crippen MR) is 62.3 cm³/mol. The maximum atomic E-state index is 12.7. The molecule has 1 aromatic rings. The maximum absolute atomic E-state index is 12.7. The smallest absolute Gasteiger partial charge is 0.217 e. The summed E-state index contributed by atoms with van der Waals surface area (Å²) in [6.45, 7) is 0.684. The van der Waals surface area contributed by atoms with Gasteiger partial charge < -0.3 is 16.8 Å². The molecule has 0 heterocycles. The number of amides is 1. The van der Waals surface area contributed by atoms with Crippen LogP contribution in [0.15, 0.2) is 18.2 Å². The summed E-state index contributed by atoms with van der Waals surface area (Å²) in [5.74, 6) is -0.641. The molecule has 0 aromatic heterocycles. The lowest BCUT2D eigenvalue weighted by Crippen LogP contribution is -2.11. The highest BCUT2D eigenvalue weighted by Gasteiger charge is 2.00. The fraction of sp³-hybridized carbons (Fsp3) is 0.364. The van der Waals surface area contributed by atoms with Crippen molar-refractivity contribution in [3.63, 3.8) is 0 Å². The van der Waals surface area contributed by atoms with E-state index in [0.717, 1.165) is 12.8 Å². The lowest BCUT2D eigenvalue weighted by Gasteiger charge is -2.08. The Morgan fingerprint density at radius 2 is 2.12 bits per heavy atom. The number of unbranched alkanes of at least 4 members (excludes halogenated alkanes) is 1. The van der Waals surface area contributed by atoms with Gasteiger partial charge in [0.25, 0.3) is 0 Å². The van der Waals surface area contributed by atoms with Gasteiger partial charge in [-0.25, -0.2) is 4.39 Å². The molecule has 0 aliphatic carbocycles. The van der Waals surface area contributed by atoms with Crippen LogP contribution in [0.5, 0.6) is 0 Å². The van der Waals surface area contributed by atoms with Crippen molar-refractivity contribution >= 4 is 17.3 Å². The summed E-state index contributed by atoms with van der Waals surface area (Å²) in [5, 5.41) is 3.07. The minimum absolute atomic E-state index is 0.290. The third-order valence-corrected chi connectivity index (χ3v) is 2.18. The topological polar surface area (TPSA) is 81.1 Å². The van der Waals surface area contributed by atoms with Crippen molar-refractivity contribution in [3.8, 4) is 0 Å². The summed E-state index contributed by atoms with van der Waals surface area (Å²) < 4.78 is 12.7. The van der Waals surface area contributed by atoms with E-state index in [4.69, 9.17) is 11.5 Å². The van der Waals surface area contributed by atoms with Gasteiger partial charge in [-0.2, -0.15) is 0 Å². The molecule has 0 bridgehead atoms. The van der Waals surface area contributed by atoms with Crippen molar-refractivity contribution in [1.82, 2.24) is 0 Å². The summed E-state index contributed by atoms with van der Waals surface area (Å²) >= 11 is 0. The van der Waals surface area contributed by atoms with Crippen molar-refractivity contribution in [3.05, 3.63) is 24.0 Å². The van der Waals surface area contributed by atoms with Gasteiger partial charge in [0.1, 0.15) is 5.82 Å². The van der Waals surface area contributed by atoms with Gasteiger partial charge in [-0.3, -0.25) is 4.79 Å². The molecule has 1 rings (SSSR count). The lowest BCUT2D eigenvalue weighted by molar-refractivity contribution is -0.118. The van der Waals surface area contributed by atoms with E-state index < -0.39 is 0 Å². The van der Waals surface area contributed by atoms with E-state index in [-0.39, 0.29) is 11.7 Å². The quantitative estimate of drug-likeness (QED) is 0.506. The van der Waals surface area contributed by atoms with Crippen LogP contribution < -0.4 is 16.8 Å². The monoisotopic (exact) mass is 225 g/mol. The second-order valence-electron chi connectivity index (χ2n) is 3.58. The van der Waals surface area contributed by atoms with Crippen LogP contribution in [-0.2, 0) is 4.79 Å². The zero-order valence-electron chi connectivity index (χ0n) is 9.00. The predicted octanol–water partition coefficient (Wildman–Crippen LogP) is 1.48. The molecule has 5 heteroatoms. The number of nitrogen functional groups attached to an aromatic ring is 1. The summed E-state index contributed by atoms with van der Waals surface area (Å²) in [6, 6.07) is 4.21. The number of carbonyl (C=O) groups excluding carboxylic acids is 1. The first-order valence-corrected chi connectivity index (χ1v) is 5.17. The third kappa shape index (κ3) is 4.16. The van der Waals surface area contributed by atoms with E-state index in [9.17, 15) is 9.18 Å². The van der Waals surface area contributed by atoms with Crippen LogP contribution in [0.25, 0.3) is 0 Å². The lowest BCUT2D eigenvalue weighted by atomic mass is 10.2. The highest BCUT2D eigenvalue weighted by Crippen LogP contribution is 2.18. The number of carbonyl (C=O) groups is 1. The SMILES string of the molecule is NC(=O)CCCCNc1ccc(F)cc1N.